The lowest BCUT2D eigenvalue weighted by molar-refractivity contribution is -0.653. The molecule has 0 bridgehead atoms. The van der Waals surface area contributed by atoms with Gasteiger partial charge >= 0.3 is 17.6 Å². The van der Waals surface area contributed by atoms with E-state index in [0.717, 1.165) is 0 Å². The summed E-state index contributed by atoms with van der Waals surface area (Å²) >= 11 is 0. The second-order valence-corrected chi connectivity index (χ2v) is 5.34. The fraction of sp³-hybridized carbons (Fsp3) is 1.00. The van der Waals surface area contributed by atoms with Crippen LogP contribution < -0.4 is 0 Å². The normalized spacial score (nSPS) is 43.5. The van der Waals surface area contributed by atoms with Gasteiger partial charge in [0.2, 0.25) is 5.67 Å². The van der Waals surface area contributed by atoms with Crippen molar-refractivity contribution in [3.05, 3.63) is 10.1 Å². The molecule has 0 N–H and O–H groups in total. The number of hydrogen-bond acceptors (Lipinski definition) is 2. The molecule has 3 nitrogen and oxygen atoms in total. The van der Waals surface area contributed by atoms with Crippen LogP contribution in [0.3, 0.4) is 0 Å². The third kappa shape index (κ3) is 1.53. The van der Waals surface area contributed by atoms with E-state index >= 15 is 0 Å². The van der Waals surface area contributed by atoms with Gasteiger partial charge in [0.05, 0.1) is 4.92 Å². The maximum Gasteiger partial charge on any atom is 0.401 e. The van der Waals surface area contributed by atoms with Crippen LogP contribution in [0.5, 0.6) is 0 Å². The summed E-state index contributed by atoms with van der Waals surface area (Å²) in [6, 6.07) is 0. The lowest BCUT2D eigenvalue weighted by Gasteiger charge is -2.52. The van der Waals surface area contributed by atoms with Gasteiger partial charge in [0, 0.05) is 5.92 Å². The third-order valence-electron chi connectivity index (χ3n) is 3.83. The molecule has 3 unspecified atom stereocenters. The zero-order chi connectivity index (χ0) is 16.4. The minimum Gasteiger partial charge on any atom is -0.261 e. The average Bonchev–Trinajstić information content (AvgIpc) is 2.24. The van der Waals surface area contributed by atoms with Crippen molar-refractivity contribution in [1.29, 1.82) is 0 Å². The first-order valence-electron chi connectivity index (χ1n) is 5.56. The van der Waals surface area contributed by atoms with E-state index in [1.54, 1.807) is 0 Å². The van der Waals surface area contributed by atoms with Crippen LogP contribution in [-0.2, 0) is 0 Å². The Labute approximate surface area is 109 Å². The summed E-state index contributed by atoms with van der Waals surface area (Å²) < 4.78 is 96.4. The van der Waals surface area contributed by atoms with Crippen LogP contribution >= 0.6 is 0 Å². The third-order valence-corrected chi connectivity index (χ3v) is 3.83. The first-order chi connectivity index (χ1) is 8.59. The van der Waals surface area contributed by atoms with E-state index in [1.807, 2.05) is 0 Å². The molecule has 0 heterocycles. The van der Waals surface area contributed by atoms with Gasteiger partial charge < -0.3 is 0 Å². The molecule has 3 atom stereocenters. The molecule has 0 aliphatic heterocycles. The van der Waals surface area contributed by atoms with E-state index in [0.29, 0.717) is 13.8 Å². The number of alkyl halides is 7. The second-order valence-electron chi connectivity index (χ2n) is 5.34. The van der Waals surface area contributed by atoms with Gasteiger partial charge in [-0.25, -0.2) is 8.78 Å². The summed E-state index contributed by atoms with van der Waals surface area (Å²) in [5, 5.41) is 10.6. The molecule has 0 aromatic rings. The van der Waals surface area contributed by atoms with Crippen LogP contribution in [-0.4, -0.2) is 33.9 Å². The van der Waals surface area contributed by atoms with Gasteiger partial charge in [-0.1, -0.05) is 13.8 Å². The monoisotopic (exact) mass is 311 g/mol. The molecule has 0 amide bonds. The molecule has 0 saturated heterocycles. The van der Waals surface area contributed by atoms with Crippen LogP contribution in [0.15, 0.2) is 0 Å². The fourth-order valence-electron chi connectivity index (χ4n) is 2.65. The van der Waals surface area contributed by atoms with Crippen LogP contribution in [0.2, 0.25) is 0 Å². The lowest BCUT2D eigenvalue weighted by Crippen LogP contribution is -2.80. The number of nitrogens with zero attached hydrogens (tertiary/aromatic N) is 1. The zero-order valence-electron chi connectivity index (χ0n) is 10.7. The van der Waals surface area contributed by atoms with Crippen LogP contribution in [0.1, 0.15) is 27.2 Å². The SMILES string of the molecule is CC(C)C1(F)C(F)([N+](=O)[O-])CC(F)(F)C(F)(F)C1(C)F. The molecule has 1 rings (SSSR count). The van der Waals surface area contributed by atoms with Gasteiger partial charge in [-0.05, 0) is 6.92 Å². The minimum absolute atomic E-state index is 0.280. The van der Waals surface area contributed by atoms with Gasteiger partial charge in [-0.3, -0.25) is 10.1 Å². The molecule has 118 valence electrons. The van der Waals surface area contributed by atoms with Gasteiger partial charge in [-0.2, -0.15) is 22.0 Å². The van der Waals surface area contributed by atoms with E-state index in [-0.39, 0.29) is 6.92 Å². The maximum absolute atomic E-state index is 14.6. The van der Waals surface area contributed by atoms with Crippen molar-refractivity contribution in [2.75, 3.05) is 0 Å². The quantitative estimate of drug-likeness (QED) is 0.338. The van der Waals surface area contributed by atoms with Crippen LogP contribution in [0.25, 0.3) is 0 Å². The molecule has 10 heteroatoms. The Balaban J connectivity index is 3.72. The van der Waals surface area contributed by atoms with Crippen LogP contribution in [0, 0.1) is 16.0 Å². The highest BCUT2D eigenvalue weighted by Crippen LogP contribution is 2.64. The standard InChI is InChI=1S/C10H12F7NO2/c1-5(2)9(15)6(3,11)10(16,17)7(12,13)4-8(9,14)18(19)20/h5H,4H2,1-3H3. The number of hydrogen-bond donors (Lipinski definition) is 0. The summed E-state index contributed by atoms with van der Waals surface area (Å²) in [5.74, 6) is -17.6. The summed E-state index contributed by atoms with van der Waals surface area (Å²) in [6.07, 6.45) is -2.74. The Morgan fingerprint density at radius 2 is 1.45 bits per heavy atom. The Hall–Kier alpha value is -1.09. The van der Waals surface area contributed by atoms with Crippen molar-refractivity contribution in [1.82, 2.24) is 0 Å². The summed E-state index contributed by atoms with van der Waals surface area (Å²) in [5.41, 5.74) is -9.19. The lowest BCUT2D eigenvalue weighted by atomic mass is 9.62. The predicted molar refractivity (Wildman–Crippen MR) is 53.5 cm³/mol. The number of rotatable bonds is 2. The van der Waals surface area contributed by atoms with Crippen LogP contribution in [0.4, 0.5) is 30.7 Å². The molecule has 0 radical (unpaired) electrons. The highest BCUT2D eigenvalue weighted by Gasteiger charge is 2.91. The molecule has 0 aromatic heterocycles. The van der Waals surface area contributed by atoms with Gasteiger partial charge in [0.1, 0.15) is 6.42 Å². The smallest absolute Gasteiger partial charge is 0.261 e. The molecule has 1 saturated carbocycles. The second kappa shape index (κ2) is 3.97. The Bertz CT molecular complexity index is 439. The van der Waals surface area contributed by atoms with E-state index in [9.17, 15) is 40.8 Å². The summed E-state index contributed by atoms with van der Waals surface area (Å²) in [6.45, 7) is 1.13. The first-order valence-corrected chi connectivity index (χ1v) is 5.56. The molecule has 0 aromatic carbocycles. The topological polar surface area (TPSA) is 43.1 Å². The molecular formula is C10H12F7NO2. The molecule has 0 spiro atoms. The average molecular weight is 311 g/mol. The highest BCUT2D eigenvalue weighted by atomic mass is 19.3. The predicted octanol–water partition coefficient (Wildman–Crippen LogP) is 3.70. The number of halogens is 7. The van der Waals surface area contributed by atoms with Crippen molar-refractivity contribution in [3.63, 3.8) is 0 Å². The van der Waals surface area contributed by atoms with Crippen molar-refractivity contribution in [2.24, 2.45) is 5.92 Å². The Morgan fingerprint density at radius 3 is 1.75 bits per heavy atom. The zero-order valence-corrected chi connectivity index (χ0v) is 10.7. The Kier molecular flexibility index (Phi) is 3.37. The largest absolute Gasteiger partial charge is 0.401 e. The van der Waals surface area contributed by atoms with E-state index in [2.05, 4.69) is 0 Å². The van der Waals surface area contributed by atoms with Gasteiger partial charge in [-0.15, -0.1) is 0 Å². The van der Waals surface area contributed by atoms with E-state index < -0.39 is 46.2 Å². The summed E-state index contributed by atoms with van der Waals surface area (Å²) in [4.78, 5) is 8.53. The van der Waals surface area contributed by atoms with Gasteiger partial charge in [0.15, 0.2) is 0 Å². The van der Waals surface area contributed by atoms with Crippen molar-refractivity contribution in [3.8, 4) is 0 Å². The Morgan fingerprint density at radius 1 is 1.05 bits per heavy atom. The maximum atomic E-state index is 14.6. The van der Waals surface area contributed by atoms with Gasteiger partial charge in [0.25, 0.3) is 5.67 Å². The molecule has 1 aliphatic carbocycles. The molecular weight excluding hydrogens is 299 g/mol. The van der Waals surface area contributed by atoms with Crippen molar-refractivity contribution in [2.45, 2.75) is 56.2 Å². The first kappa shape index (κ1) is 17.0. The van der Waals surface area contributed by atoms with Crippen molar-refractivity contribution >= 4 is 0 Å². The highest BCUT2D eigenvalue weighted by molar-refractivity contribution is 5.22. The van der Waals surface area contributed by atoms with E-state index in [4.69, 9.17) is 0 Å². The molecule has 1 fully saturated rings. The fourth-order valence-corrected chi connectivity index (χ4v) is 2.65. The minimum atomic E-state index is -5.59. The van der Waals surface area contributed by atoms with Crippen molar-refractivity contribution < 1.29 is 35.7 Å². The summed E-state index contributed by atoms with van der Waals surface area (Å²) in [7, 11) is 0. The molecule has 20 heavy (non-hydrogen) atoms. The number of nitro groups is 1. The van der Waals surface area contributed by atoms with E-state index in [1.165, 1.54) is 0 Å². The molecule has 1 aliphatic rings.